The minimum absolute atomic E-state index is 0.0353. The second-order valence-electron chi connectivity index (χ2n) is 11.8. The monoisotopic (exact) mass is 638 g/mol. The van der Waals surface area contributed by atoms with Gasteiger partial charge in [-0.25, -0.2) is 9.97 Å². The molecule has 0 bridgehead atoms. The highest BCUT2D eigenvalue weighted by atomic mass is 16.5. The van der Waals surface area contributed by atoms with Crippen LogP contribution >= 0.6 is 0 Å². The number of carbonyl (C=O) groups is 2. The number of benzene rings is 2. The number of rotatable bonds is 11. The summed E-state index contributed by atoms with van der Waals surface area (Å²) in [7, 11) is 0. The maximum absolute atomic E-state index is 12.4. The van der Waals surface area contributed by atoms with Crippen LogP contribution in [-0.2, 0) is 9.59 Å². The standard InChI is InChI=1S/C19H22N2O2.C10H10O2.C9H14N2O/c1-3-23-18-10-9-15(12-20-18)13(2)21-19(22)17-11-16(17)14-7-5-4-6-8-14;11-10(12)9-6-8(9)7-4-2-1-3-5-7;1-3-12-9-5-4-8(6-11-9)7(2)10/h4-10,12-13,16-17H,3,11H2,1-2H3,(H,21,22);1-5,8-9H,6H2,(H,11,12);4-7H,3,10H2,1-2H3/t13-,16+,17-;8-,9+;7-/m010/s1. The minimum Gasteiger partial charge on any atom is -0.481 e. The van der Waals surface area contributed by atoms with Gasteiger partial charge in [0.15, 0.2) is 0 Å². The second-order valence-corrected chi connectivity index (χ2v) is 11.8. The average molecular weight is 639 g/mol. The Morgan fingerprint density at radius 1 is 0.766 bits per heavy atom. The second kappa shape index (κ2) is 17.2. The molecule has 2 aromatic heterocycles. The molecule has 2 aliphatic carbocycles. The Kier molecular flexibility index (Phi) is 12.9. The molecule has 9 heteroatoms. The van der Waals surface area contributed by atoms with E-state index in [1.54, 1.807) is 12.4 Å². The molecular formula is C38H46N4O5. The van der Waals surface area contributed by atoms with Crippen LogP contribution in [0.4, 0.5) is 0 Å². The number of ether oxygens (including phenoxy) is 2. The number of nitrogens with zero attached hydrogens (tertiary/aromatic N) is 2. The van der Waals surface area contributed by atoms with E-state index in [2.05, 4.69) is 27.4 Å². The van der Waals surface area contributed by atoms with Gasteiger partial charge in [0.25, 0.3) is 0 Å². The van der Waals surface area contributed by atoms with Crippen molar-refractivity contribution in [1.82, 2.24) is 15.3 Å². The van der Waals surface area contributed by atoms with Crippen molar-refractivity contribution in [3.8, 4) is 11.8 Å². The zero-order valence-corrected chi connectivity index (χ0v) is 27.6. The molecule has 0 unspecified atom stereocenters. The first-order chi connectivity index (χ1) is 22.7. The van der Waals surface area contributed by atoms with E-state index in [1.807, 2.05) is 100 Å². The Morgan fingerprint density at radius 2 is 1.23 bits per heavy atom. The summed E-state index contributed by atoms with van der Waals surface area (Å²) in [5.41, 5.74) is 10.1. The van der Waals surface area contributed by atoms with Gasteiger partial charge in [0.05, 0.1) is 25.2 Å². The van der Waals surface area contributed by atoms with Crippen LogP contribution in [0, 0.1) is 11.8 Å². The van der Waals surface area contributed by atoms with Gasteiger partial charge >= 0.3 is 5.97 Å². The predicted octanol–water partition coefficient (Wildman–Crippen LogP) is 6.84. The van der Waals surface area contributed by atoms with Gasteiger partial charge in [0, 0.05) is 36.5 Å². The molecule has 4 N–H and O–H groups in total. The number of carboxylic acids is 1. The van der Waals surface area contributed by atoms with Crippen LogP contribution in [0.25, 0.3) is 0 Å². The lowest BCUT2D eigenvalue weighted by molar-refractivity contribution is -0.138. The fraction of sp³-hybridized carbons (Fsp3) is 0.368. The molecule has 0 radical (unpaired) electrons. The largest absolute Gasteiger partial charge is 0.481 e. The molecule has 2 fully saturated rings. The average Bonchev–Trinajstić information content (AvgIpc) is 4.02. The molecule has 2 saturated carbocycles. The van der Waals surface area contributed by atoms with E-state index in [0.717, 1.165) is 29.5 Å². The number of pyridine rings is 2. The first kappa shape index (κ1) is 35.1. The van der Waals surface area contributed by atoms with Crippen molar-refractivity contribution in [2.24, 2.45) is 17.6 Å². The molecule has 9 nitrogen and oxygen atoms in total. The molecule has 2 aromatic carbocycles. The lowest BCUT2D eigenvalue weighted by Gasteiger charge is -2.14. The van der Waals surface area contributed by atoms with Gasteiger partial charge < -0.3 is 25.6 Å². The number of hydrogen-bond acceptors (Lipinski definition) is 7. The van der Waals surface area contributed by atoms with E-state index in [9.17, 15) is 9.59 Å². The summed E-state index contributed by atoms with van der Waals surface area (Å²) >= 11 is 0. The lowest BCUT2D eigenvalue weighted by Crippen LogP contribution is -2.28. The molecule has 47 heavy (non-hydrogen) atoms. The molecule has 0 aliphatic heterocycles. The molecule has 248 valence electrons. The van der Waals surface area contributed by atoms with Gasteiger partial charge in [-0.3, -0.25) is 9.59 Å². The van der Waals surface area contributed by atoms with Crippen LogP contribution < -0.4 is 20.5 Å². The SMILES string of the molecule is CCOc1ccc([C@H](C)N)cn1.CCOc1ccc([C@H](C)NC(=O)[C@H]2C[C@@H]2c2ccccc2)cn1.O=C(O)[C@H]1C[C@@H]1c1ccccc1. The molecular weight excluding hydrogens is 592 g/mol. The van der Waals surface area contributed by atoms with Crippen molar-refractivity contribution in [3.05, 3.63) is 120 Å². The fourth-order valence-electron chi connectivity index (χ4n) is 5.27. The third-order valence-electron chi connectivity index (χ3n) is 8.18. The first-order valence-electron chi connectivity index (χ1n) is 16.3. The summed E-state index contributed by atoms with van der Waals surface area (Å²) in [6.07, 6.45) is 5.25. The molecule has 1 amide bonds. The van der Waals surface area contributed by atoms with Crippen LogP contribution in [0.5, 0.6) is 11.8 Å². The molecule has 0 spiro atoms. The van der Waals surface area contributed by atoms with Gasteiger partial charge in [0.1, 0.15) is 0 Å². The zero-order chi connectivity index (χ0) is 33.8. The van der Waals surface area contributed by atoms with Crippen molar-refractivity contribution in [2.75, 3.05) is 13.2 Å². The third-order valence-corrected chi connectivity index (χ3v) is 8.18. The van der Waals surface area contributed by atoms with Crippen LogP contribution in [0.2, 0.25) is 0 Å². The lowest BCUT2D eigenvalue weighted by atomic mass is 10.1. The van der Waals surface area contributed by atoms with E-state index in [1.165, 1.54) is 5.56 Å². The van der Waals surface area contributed by atoms with Gasteiger partial charge in [0.2, 0.25) is 17.7 Å². The van der Waals surface area contributed by atoms with Gasteiger partial charge in [-0.15, -0.1) is 0 Å². The molecule has 6 rings (SSSR count). The number of aliphatic carboxylic acids is 1. The van der Waals surface area contributed by atoms with Gasteiger partial charge in [-0.1, -0.05) is 72.8 Å². The normalized spacial score (nSPS) is 20.1. The Balaban J connectivity index is 0.000000176. The summed E-state index contributed by atoms with van der Waals surface area (Å²) in [5.74, 6) is 1.32. The number of carboxylic acid groups (broad SMARTS) is 1. The number of amides is 1. The van der Waals surface area contributed by atoms with E-state index < -0.39 is 5.97 Å². The highest BCUT2D eigenvalue weighted by molar-refractivity contribution is 5.83. The maximum Gasteiger partial charge on any atom is 0.307 e. The number of nitrogens with two attached hydrogens (primary N) is 1. The van der Waals surface area contributed by atoms with Crippen LogP contribution in [0.3, 0.4) is 0 Å². The molecule has 2 aliphatic rings. The summed E-state index contributed by atoms with van der Waals surface area (Å²) in [6, 6.07) is 27.6. The van der Waals surface area contributed by atoms with Crippen molar-refractivity contribution < 1.29 is 24.2 Å². The van der Waals surface area contributed by atoms with Crippen molar-refractivity contribution in [1.29, 1.82) is 0 Å². The van der Waals surface area contributed by atoms with Gasteiger partial charge in [-0.05, 0) is 74.6 Å². The third kappa shape index (κ3) is 10.6. The van der Waals surface area contributed by atoms with Crippen molar-refractivity contribution in [3.63, 3.8) is 0 Å². The Hall–Kier alpha value is -4.76. The van der Waals surface area contributed by atoms with E-state index in [4.69, 9.17) is 20.3 Å². The zero-order valence-electron chi connectivity index (χ0n) is 27.6. The van der Waals surface area contributed by atoms with Gasteiger partial charge in [-0.2, -0.15) is 0 Å². The molecule has 0 saturated heterocycles. The van der Waals surface area contributed by atoms with Crippen LogP contribution in [0.15, 0.2) is 97.3 Å². The summed E-state index contributed by atoms with van der Waals surface area (Å²) in [5, 5.41) is 11.8. The summed E-state index contributed by atoms with van der Waals surface area (Å²) in [4.78, 5) is 31.3. The quantitative estimate of drug-likeness (QED) is 0.163. The van der Waals surface area contributed by atoms with Crippen molar-refractivity contribution in [2.45, 2.75) is 64.5 Å². The molecule has 6 atom stereocenters. The van der Waals surface area contributed by atoms with E-state index in [-0.39, 0.29) is 35.7 Å². The van der Waals surface area contributed by atoms with E-state index in [0.29, 0.717) is 30.9 Å². The number of aromatic nitrogens is 2. The van der Waals surface area contributed by atoms with Crippen molar-refractivity contribution >= 4 is 11.9 Å². The Morgan fingerprint density at radius 3 is 1.64 bits per heavy atom. The minimum atomic E-state index is -0.663. The predicted molar refractivity (Wildman–Crippen MR) is 182 cm³/mol. The summed E-state index contributed by atoms with van der Waals surface area (Å²) in [6.45, 7) is 9.01. The number of nitrogens with one attached hydrogen (secondary N) is 1. The number of carbonyl (C=O) groups excluding carboxylic acids is 1. The first-order valence-corrected chi connectivity index (χ1v) is 16.3. The Bertz CT molecular complexity index is 1530. The smallest absolute Gasteiger partial charge is 0.307 e. The van der Waals surface area contributed by atoms with Crippen LogP contribution in [-0.4, -0.2) is 40.2 Å². The molecule has 2 heterocycles. The Labute approximate surface area is 277 Å². The summed E-state index contributed by atoms with van der Waals surface area (Å²) < 4.78 is 10.5. The van der Waals surface area contributed by atoms with E-state index >= 15 is 0 Å². The van der Waals surface area contributed by atoms with Crippen LogP contribution in [0.1, 0.15) is 86.7 Å². The highest BCUT2D eigenvalue weighted by Crippen LogP contribution is 2.48. The highest BCUT2D eigenvalue weighted by Gasteiger charge is 2.44. The topological polar surface area (TPSA) is 137 Å². The maximum atomic E-state index is 12.4. The number of hydrogen-bond donors (Lipinski definition) is 3. The fourth-order valence-corrected chi connectivity index (χ4v) is 5.27. The molecule has 4 aromatic rings.